The van der Waals surface area contributed by atoms with Gasteiger partial charge in [-0.3, -0.25) is 4.98 Å². The van der Waals surface area contributed by atoms with Crippen molar-refractivity contribution < 1.29 is 20.1 Å². The summed E-state index contributed by atoms with van der Waals surface area (Å²) in [5.41, 5.74) is 17.2. The van der Waals surface area contributed by atoms with E-state index in [0.717, 1.165) is 28.6 Å². The van der Waals surface area contributed by atoms with Gasteiger partial charge >= 0.3 is 0 Å². The number of pyridine rings is 1. The van der Waals surface area contributed by atoms with Crippen LogP contribution in [-0.2, 0) is 33.1 Å². The molecule has 0 atom stereocenters. The van der Waals surface area contributed by atoms with Crippen LogP contribution in [0.1, 0.15) is 16.7 Å². The molecule has 0 saturated heterocycles. The number of nitrogen functional groups attached to an aromatic ring is 1. The van der Waals surface area contributed by atoms with Crippen molar-refractivity contribution in [1.82, 2.24) is 4.98 Å². The number of nitrogens with zero attached hydrogens (tertiary/aromatic N) is 1. The molecule has 3 nitrogen and oxygen atoms in total. The van der Waals surface area contributed by atoms with E-state index in [9.17, 15) is 0 Å². The Bertz CT molecular complexity index is 843. The topological polar surface area (TPSA) is 64.9 Å². The number of fused-ring (bicyclic) bond motifs is 2. The van der Waals surface area contributed by atoms with E-state index in [0.29, 0.717) is 12.4 Å². The maximum atomic E-state index is 5.95. The minimum absolute atomic E-state index is 0. The molecule has 1 heterocycles. The Labute approximate surface area is 136 Å². The van der Waals surface area contributed by atoms with E-state index in [2.05, 4.69) is 35.3 Å². The summed E-state index contributed by atoms with van der Waals surface area (Å²) < 4.78 is 0. The van der Waals surface area contributed by atoms with Crippen LogP contribution < -0.4 is 11.5 Å². The maximum Gasteiger partial charge on any atom is 0.114 e. The monoisotopic (exact) mass is 453 g/mol. The molecule has 1 radical (unpaired) electrons. The van der Waals surface area contributed by atoms with Crippen LogP contribution in [0.5, 0.6) is 0 Å². The summed E-state index contributed by atoms with van der Waals surface area (Å²) in [5.74, 6) is 0.545. The van der Waals surface area contributed by atoms with Gasteiger partial charge in [0.1, 0.15) is 5.82 Å². The van der Waals surface area contributed by atoms with E-state index in [1.165, 1.54) is 16.5 Å². The van der Waals surface area contributed by atoms with Gasteiger partial charge in [0.05, 0.1) is 0 Å². The molecule has 0 aliphatic heterocycles. The molecule has 0 fully saturated rings. The van der Waals surface area contributed by atoms with E-state index < -0.39 is 0 Å². The summed E-state index contributed by atoms with van der Waals surface area (Å²) in [7, 11) is 0. The van der Waals surface area contributed by atoms with E-state index in [1.54, 1.807) is 0 Å². The number of rotatable bonds is 1. The average Bonchev–Trinajstić information content (AvgIpc) is 2.47. The van der Waals surface area contributed by atoms with Crippen molar-refractivity contribution in [1.29, 1.82) is 0 Å². The number of aromatic nitrogens is 1. The molecule has 0 spiro atoms. The molecule has 1 aliphatic rings. The van der Waals surface area contributed by atoms with Crippen LogP contribution in [-0.4, -0.2) is 4.98 Å². The third-order valence-corrected chi connectivity index (χ3v) is 3.89. The zero-order valence-corrected chi connectivity index (χ0v) is 13.7. The SMILES string of the molecule is NCc1[c-]c2c(cc1)Cc1cccc3cc(N)nc-2c13.[Ir]. The molecular weight excluding hydrogens is 438 g/mol. The van der Waals surface area contributed by atoms with Crippen molar-refractivity contribution >= 4 is 16.6 Å². The minimum Gasteiger partial charge on any atom is -0.384 e. The molecule has 2 aromatic carbocycles. The first-order chi connectivity index (χ1) is 9.76. The van der Waals surface area contributed by atoms with Crippen molar-refractivity contribution in [3.05, 3.63) is 59.2 Å². The zero-order valence-electron chi connectivity index (χ0n) is 11.3. The quantitative estimate of drug-likeness (QED) is 0.437. The third kappa shape index (κ3) is 2.16. The fourth-order valence-corrected chi connectivity index (χ4v) is 2.98. The van der Waals surface area contributed by atoms with E-state index in [4.69, 9.17) is 11.5 Å². The summed E-state index contributed by atoms with van der Waals surface area (Å²) in [6.07, 6.45) is 0.909. The van der Waals surface area contributed by atoms with Crippen molar-refractivity contribution in [2.75, 3.05) is 5.73 Å². The predicted octanol–water partition coefficient (Wildman–Crippen LogP) is 2.64. The van der Waals surface area contributed by atoms with Gasteiger partial charge in [0.25, 0.3) is 0 Å². The Balaban J connectivity index is 0.00000132. The fourth-order valence-electron chi connectivity index (χ4n) is 2.98. The summed E-state index contributed by atoms with van der Waals surface area (Å²) in [4.78, 5) is 4.55. The number of hydrogen-bond acceptors (Lipinski definition) is 3. The molecule has 0 amide bonds. The smallest absolute Gasteiger partial charge is 0.114 e. The van der Waals surface area contributed by atoms with Gasteiger partial charge in [0, 0.05) is 26.7 Å². The first kappa shape index (κ1) is 14.2. The Morgan fingerprint density at radius 2 is 2.00 bits per heavy atom. The summed E-state index contributed by atoms with van der Waals surface area (Å²) in [6.45, 7) is 0.486. The Kier molecular flexibility index (Phi) is 3.54. The second kappa shape index (κ2) is 5.23. The molecule has 4 rings (SSSR count). The maximum absolute atomic E-state index is 5.95. The molecule has 0 unspecified atom stereocenters. The van der Waals surface area contributed by atoms with Gasteiger partial charge < -0.3 is 11.5 Å². The molecule has 0 bridgehead atoms. The Hall–Kier alpha value is -1.74. The summed E-state index contributed by atoms with van der Waals surface area (Å²) >= 11 is 0. The number of benzene rings is 2. The van der Waals surface area contributed by atoms with Crippen LogP contribution in [0.25, 0.3) is 22.0 Å². The van der Waals surface area contributed by atoms with Crippen LogP contribution in [0.4, 0.5) is 5.82 Å². The largest absolute Gasteiger partial charge is 0.384 e. The van der Waals surface area contributed by atoms with Gasteiger partial charge in [-0.1, -0.05) is 23.8 Å². The molecule has 3 aromatic rings. The van der Waals surface area contributed by atoms with Gasteiger partial charge in [-0.2, -0.15) is 0 Å². The predicted molar refractivity (Wildman–Crippen MR) is 81.1 cm³/mol. The van der Waals surface area contributed by atoms with Crippen LogP contribution in [0.15, 0.2) is 36.4 Å². The second-order valence-electron chi connectivity index (χ2n) is 5.18. The third-order valence-electron chi connectivity index (χ3n) is 3.89. The Morgan fingerprint density at radius 3 is 2.81 bits per heavy atom. The van der Waals surface area contributed by atoms with E-state index in [1.807, 2.05) is 12.1 Å². The van der Waals surface area contributed by atoms with Gasteiger partial charge in [-0.25, -0.2) is 0 Å². The first-order valence-corrected chi connectivity index (χ1v) is 6.69. The van der Waals surface area contributed by atoms with Crippen molar-refractivity contribution in [3.63, 3.8) is 0 Å². The molecule has 0 saturated carbocycles. The van der Waals surface area contributed by atoms with Crippen LogP contribution in [0.2, 0.25) is 0 Å². The fraction of sp³-hybridized carbons (Fsp3) is 0.118. The molecule has 1 aromatic heterocycles. The minimum atomic E-state index is 0. The molecule has 21 heavy (non-hydrogen) atoms. The number of hydrogen-bond donors (Lipinski definition) is 2. The van der Waals surface area contributed by atoms with Gasteiger partial charge in [0.2, 0.25) is 0 Å². The molecule has 4 heteroatoms. The van der Waals surface area contributed by atoms with Crippen LogP contribution in [0.3, 0.4) is 0 Å². The molecular formula is C17H14IrN3-. The van der Waals surface area contributed by atoms with Gasteiger partial charge in [-0.05, 0) is 29.0 Å². The van der Waals surface area contributed by atoms with Crippen molar-refractivity contribution in [2.45, 2.75) is 13.0 Å². The standard InChI is InChI=1S/C17H14N3.Ir/c18-9-10-4-5-11-7-12-2-1-3-13-8-15(19)20-17(16(12)13)14(11)6-10;/h1-5,8H,7,9,18H2,(H2,19,20);/q-1;. The zero-order chi connectivity index (χ0) is 13.7. The van der Waals surface area contributed by atoms with Crippen LogP contribution >= 0.6 is 0 Å². The summed E-state index contributed by atoms with van der Waals surface area (Å²) in [6, 6.07) is 15.8. The van der Waals surface area contributed by atoms with E-state index in [-0.39, 0.29) is 20.1 Å². The first-order valence-electron chi connectivity index (χ1n) is 6.69. The normalized spacial score (nSPS) is 11.9. The molecule has 1 aliphatic carbocycles. The van der Waals surface area contributed by atoms with Crippen molar-refractivity contribution in [2.24, 2.45) is 5.73 Å². The average molecular weight is 453 g/mol. The van der Waals surface area contributed by atoms with E-state index >= 15 is 0 Å². The van der Waals surface area contributed by atoms with Gasteiger partial charge in [-0.15, -0.1) is 34.9 Å². The number of anilines is 1. The summed E-state index contributed by atoms with van der Waals surface area (Å²) in [5, 5.41) is 2.34. The van der Waals surface area contributed by atoms with Gasteiger partial charge in [0.15, 0.2) is 0 Å². The molecule has 107 valence electrons. The second-order valence-corrected chi connectivity index (χ2v) is 5.18. The molecule has 4 N–H and O–H groups in total. The van der Waals surface area contributed by atoms with Crippen LogP contribution in [0, 0.1) is 6.07 Å². The van der Waals surface area contributed by atoms with Crippen molar-refractivity contribution in [3.8, 4) is 11.3 Å². The Morgan fingerprint density at radius 1 is 1.14 bits per heavy atom. The number of nitrogens with two attached hydrogens (primary N) is 2.